The third-order valence-corrected chi connectivity index (χ3v) is 9.53. The number of morpholine rings is 1. The molecule has 8 nitrogen and oxygen atoms in total. The van der Waals surface area contributed by atoms with Gasteiger partial charge >= 0.3 is 0 Å². The first-order valence-corrected chi connectivity index (χ1v) is 14.2. The fourth-order valence-corrected chi connectivity index (χ4v) is 7.63. The summed E-state index contributed by atoms with van der Waals surface area (Å²) in [5.74, 6) is 1.03. The van der Waals surface area contributed by atoms with E-state index in [0.717, 1.165) is 49.2 Å². The molecular formula is C28H36N6O2S. The number of carbonyl (C=O) groups excluding carboxylic acids is 1. The van der Waals surface area contributed by atoms with Gasteiger partial charge in [0.15, 0.2) is 5.65 Å². The molecule has 9 heteroatoms. The third-order valence-electron chi connectivity index (χ3n) is 8.16. The molecule has 196 valence electrons. The Morgan fingerprint density at radius 1 is 1.27 bits per heavy atom. The van der Waals surface area contributed by atoms with Gasteiger partial charge < -0.3 is 14.6 Å². The number of aromatic nitrogens is 4. The lowest BCUT2D eigenvalue weighted by Gasteiger charge is -2.40. The van der Waals surface area contributed by atoms with Crippen molar-refractivity contribution in [3.8, 4) is 11.3 Å². The van der Waals surface area contributed by atoms with Crippen LogP contribution in [-0.2, 0) is 9.53 Å². The molecule has 0 aromatic carbocycles. The van der Waals surface area contributed by atoms with Gasteiger partial charge in [0.25, 0.3) is 0 Å². The maximum Gasteiger partial charge on any atom is 0.244 e. The van der Waals surface area contributed by atoms with E-state index in [4.69, 9.17) is 4.74 Å². The predicted octanol–water partition coefficient (Wildman–Crippen LogP) is 4.76. The SMILES string of the molecule is Cc1c(C2CCN(C(=O)C3(C)COCCN3)CC2)sc2[nH]c(-c3cc(C)c4ncnn4c3)c(C(C)C)c12. The van der Waals surface area contributed by atoms with Crippen molar-refractivity contribution in [3.05, 3.63) is 40.2 Å². The second kappa shape index (κ2) is 9.22. The molecule has 4 aromatic heterocycles. The number of thiophene rings is 1. The van der Waals surface area contributed by atoms with Crippen LogP contribution in [0.15, 0.2) is 18.6 Å². The monoisotopic (exact) mass is 520 g/mol. The highest BCUT2D eigenvalue weighted by atomic mass is 32.1. The van der Waals surface area contributed by atoms with Crippen molar-refractivity contribution in [1.29, 1.82) is 0 Å². The molecule has 0 spiro atoms. The van der Waals surface area contributed by atoms with Gasteiger partial charge in [-0.2, -0.15) is 5.10 Å². The van der Waals surface area contributed by atoms with E-state index in [0.29, 0.717) is 25.0 Å². The number of hydrogen-bond acceptors (Lipinski definition) is 6. The molecule has 2 fully saturated rings. The van der Waals surface area contributed by atoms with Crippen LogP contribution < -0.4 is 5.32 Å². The summed E-state index contributed by atoms with van der Waals surface area (Å²) in [7, 11) is 0. The molecule has 6 heterocycles. The molecule has 4 aromatic rings. The number of piperidine rings is 1. The standard InChI is InChI=1S/C28H36N6O2S/c1-16(2)21-22-18(4)24(19-6-9-33(10-7-19)27(35)28(5)14-36-11-8-30-28)37-26(22)32-23(21)20-12-17(3)25-29-15-31-34(25)13-20/h12-13,15-16,19,30,32H,6-11,14H2,1-5H3. The number of fused-ring (bicyclic) bond motifs is 2. The van der Waals surface area contributed by atoms with Crippen molar-refractivity contribution in [2.45, 2.75) is 64.8 Å². The van der Waals surface area contributed by atoms with Gasteiger partial charge in [0.1, 0.15) is 16.7 Å². The topological polar surface area (TPSA) is 87.5 Å². The van der Waals surface area contributed by atoms with E-state index in [-0.39, 0.29) is 5.91 Å². The molecule has 2 saturated heterocycles. The maximum atomic E-state index is 13.2. The Kier molecular flexibility index (Phi) is 6.12. The lowest BCUT2D eigenvalue weighted by Crippen LogP contribution is -2.62. The zero-order chi connectivity index (χ0) is 25.9. The van der Waals surface area contributed by atoms with Crippen LogP contribution in [0.3, 0.4) is 0 Å². The van der Waals surface area contributed by atoms with Crippen LogP contribution in [-0.4, -0.2) is 68.8 Å². The van der Waals surface area contributed by atoms with Gasteiger partial charge in [0.2, 0.25) is 5.91 Å². The van der Waals surface area contributed by atoms with Gasteiger partial charge in [-0.05, 0) is 68.2 Å². The smallest absolute Gasteiger partial charge is 0.244 e. The van der Waals surface area contributed by atoms with E-state index in [1.807, 2.05) is 27.7 Å². The first-order valence-electron chi connectivity index (χ1n) is 13.3. The molecule has 0 aliphatic carbocycles. The quantitative estimate of drug-likeness (QED) is 0.405. The van der Waals surface area contributed by atoms with Crippen LogP contribution in [0.4, 0.5) is 0 Å². The number of ether oxygens (including phenoxy) is 1. The Balaban J connectivity index is 1.28. The van der Waals surface area contributed by atoms with E-state index in [2.05, 4.69) is 60.3 Å². The van der Waals surface area contributed by atoms with Crippen molar-refractivity contribution in [1.82, 2.24) is 29.8 Å². The molecule has 1 amide bonds. The average Bonchev–Trinajstić information content (AvgIpc) is 3.59. The molecule has 1 atom stereocenters. The lowest BCUT2D eigenvalue weighted by molar-refractivity contribution is -0.143. The Morgan fingerprint density at radius 3 is 2.76 bits per heavy atom. The highest BCUT2D eigenvalue weighted by Gasteiger charge is 2.40. The summed E-state index contributed by atoms with van der Waals surface area (Å²) >= 11 is 1.90. The molecule has 1 unspecified atom stereocenters. The Hall–Kier alpha value is -2.75. The summed E-state index contributed by atoms with van der Waals surface area (Å²) in [4.78, 5) is 26.2. The van der Waals surface area contributed by atoms with Crippen molar-refractivity contribution in [3.63, 3.8) is 0 Å². The van der Waals surface area contributed by atoms with Crippen molar-refractivity contribution in [2.24, 2.45) is 0 Å². The highest BCUT2D eigenvalue weighted by Crippen LogP contribution is 2.46. The zero-order valence-corrected chi connectivity index (χ0v) is 23.2. The number of H-pyrrole nitrogens is 1. The Labute approximate surface area is 221 Å². The van der Waals surface area contributed by atoms with Crippen molar-refractivity contribution >= 4 is 33.1 Å². The number of hydrogen-bond donors (Lipinski definition) is 2. The van der Waals surface area contributed by atoms with Crippen LogP contribution in [0, 0.1) is 13.8 Å². The summed E-state index contributed by atoms with van der Waals surface area (Å²) in [6.45, 7) is 14.3. The fraction of sp³-hybridized carbons (Fsp3) is 0.536. The average molecular weight is 521 g/mol. The van der Waals surface area contributed by atoms with Crippen molar-refractivity contribution in [2.75, 3.05) is 32.8 Å². The molecular weight excluding hydrogens is 484 g/mol. The number of carbonyl (C=O) groups is 1. The van der Waals surface area contributed by atoms with Crippen LogP contribution in [0.1, 0.15) is 67.0 Å². The van der Waals surface area contributed by atoms with E-state index in [9.17, 15) is 4.79 Å². The number of amides is 1. The Bertz CT molecular complexity index is 1470. The first-order chi connectivity index (χ1) is 17.8. The number of pyridine rings is 1. The largest absolute Gasteiger partial charge is 0.378 e. The number of nitrogens with zero attached hydrogens (tertiary/aromatic N) is 4. The number of nitrogens with one attached hydrogen (secondary N) is 2. The van der Waals surface area contributed by atoms with E-state index >= 15 is 0 Å². The first kappa shape index (κ1) is 24.6. The normalized spacial score (nSPS) is 21.5. The third kappa shape index (κ3) is 4.08. The Morgan fingerprint density at radius 2 is 2.05 bits per heavy atom. The van der Waals surface area contributed by atoms with Gasteiger partial charge in [-0.3, -0.25) is 10.1 Å². The van der Waals surface area contributed by atoms with Gasteiger partial charge in [0, 0.05) is 41.7 Å². The number of likely N-dealkylation sites (tertiary alicyclic amines) is 1. The van der Waals surface area contributed by atoms with E-state index < -0.39 is 5.54 Å². The summed E-state index contributed by atoms with van der Waals surface area (Å²) in [5.41, 5.74) is 6.50. The second-order valence-corrected chi connectivity index (χ2v) is 12.2. The second-order valence-electron chi connectivity index (χ2n) is 11.2. The highest BCUT2D eigenvalue weighted by molar-refractivity contribution is 7.19. The van der Waals surface area contributed by atoms with Crippen molar-refractivity contribution < 1.29 is 9.53 Å². The van der Waals surface area contributed by atoms with Crippen LogP contribution in [0.5, 0.6) is 0 Å². The molecule has 0 radical (unpaired) electrons. The minimum atomic E-state index is -0.601. The molecule has 2 aliphatic rings. The molecule has 6 rings (SSSR count). The van der Waals surface area contributed by atoms with Gasteiger partial charge in [0.05, 0.1) is 18.9 Å². The number of aryl methyl sites for hydroxylation is 2. The van der Waals surface area contributed by atoms with Crippen LogP contribution in [0.25, 0.3) is 27.1 Å². The lowest BCUT2D eigenvalue weighted by atomic mass is 9.89. The summed E-state index contributed by atoms with van der Waals surface area (Å²) in [6, 6.07) is 2.21. The van der Waals surface area contributed by atoms with Gasteiger partial charge in [-0.25, -0.2) is 9.50 Å². The molecule has 37 heavy (non-hydrogen) atoms. The van der Waals surface area contributed by atoms with Crippen LogP contribution >= 0.6 is 11.3 Å². The fourth-order valence-electron chi connectivity index (χ4n) is 6.23. The number of rotatable bonds is 4. The summed E-state index contributed by atoms with van der Waals surface area (Å²) in [5, 5.41) is 9.13. The predicted molar refractivity (Wildman–Crippen MR) is 148 cm³/mol. The van der Waals surface area contributed by atoms with Gasteiger partial charge in [-0.1, -0.05) is 13.8 Å². The summed E-state index contributed by atoms with van der Waals surface area (Å²) < 4.78 is 7.47. The van der Waals surface area contributed by atoms with E-state index in [1.165, 1.54) is 31.9 Å². The summed E-state index contributed by atoms with van der Waals surface area (Å²) in [6.07, 6.45) is 5.68. The minimum absolute atomic E-state index is 0.173. The zero-order valence-electron chi connectivity index (χ0n) is 22.4. The maximum absolute atomic E-state index is 13.2. The van der Waals surface area contributed by atoms with E-state index in [1.54, 1.807) is 6.33 Å². The van der Waals surface area contributed by atoms with Gasteiger partial charge in [-0.15, -0.1) is 11.3 Å². The minimum Gasteiger partial charge on any atom is -0.378 e. The molecule has 0 saturated carbocycles. The molecule has 2 N–H and O–H groups in total. The molecule has 2 aliphatic heterocycles. The molecule has 0 bridgehead atoms. The van der Waals surface area contributed by atoms with Crippen LogP contribution in [0.2, 0.25) is 0 Å². The number of aromatic amines is 1.